The molecule has 0 aliphatic heterocycles. The van der Waals surface area contributed by atoms with Crippen LogP contribution in [0.5, 0.6) is 0 Å². The number of aromatic amines is 1. The van der Waals surface area contributed by atoms with E-state index in [9.17, 15) is 4.79 Å². The zero-order valence-electron chi connectivity index (χ0n) is 8.00. The number of allylic oxidation sites excluding steroid dienone is 1. The molecular weight excluding hydrogens is 174 g/mol. The van der Waals surface area contributed by atoms with Gasteiger partial charge in [-0.3, -0.25) is 4.79 Å². The first-order chi connectivity index (χ1) is 6.74. The monoisotopic (exact) mass is 185 g/mol. The van der Waals surface area contributed by atoms with Gasteiger partial charge in [-0.25, -0.2) is 0 Å². The van der Waals surface area contributed by atoms with Crippen LogP contribution in [0, 0.1) is 0 Å². The SMILES string of the molecule is C=C(C)c1c(C=O)[nH]c2ccccc12. The highest BCUT2D eigenvalue weighted by Gasteiger charge is 2.09. The van der Waals surface area contributed by atoms with E-state index in [1.165, 1.54) is 0 Å². The number of nitrogens with one attached hydrogen (secondary N) is 1. The molecule has 0 unspecified atom stereocenters. The van der Waals surface area contributed by atoms with Crippen LogP contribution in [0.15, 0.2) is 30.8 Å². The molecule has 2 nitrogen and oxygen atoms in total. The molecule has 0 saturated heterocycles. The lowest BCUT2D eigenvalue weighted by Gasteiger charge is -1.97. The first kappa shape index (κ1) is 8.75. The zero-order valence-corrected chi connectivity index (χ0v) is 8.00. The van der Waals surface area contributed by atoms with Crippen molar-refractivity contribution >= 4 is 22.8 Å². The van der Waals surface area contributed by atoms with Crippen molar-refractivity contribution < 1.29 is 4.79 Å². The van der Waals surface area contributed by atoms with E-state index in [1.54, 1.807) is 0 Å². The van der Waals surface area contributed by atoms with Crippen LogP contribution in [0.3, 0.4) is 0 Å². The molecule has 70 valence electrons. The number of carbonyl (C=O) groups excluding carboxylic acids is 1. The molecule has 0 spiro atoms. The van der Waals surface area contributed by atoms with Gasteiger partial charge in [-0.05, 0) is 18.6 Å². The molecule has 14 heavy (non-hydrogen) atoms. The van der Waals surface area contributed by atoms with E-state index in [2.05, 4.69) is 11.6 Å². The number of H-pyrrole nitrogens is 1. The number of aromatic nitrogens is 1. The van der Waals surface area contributed by atoms with Gasteiger partial charge in [0, 0.05) is 16.5 Å². The molecule has 1 aromatic carbocycles. The molecule has 0 aliphatic carbocycles. The molecule has 1 heterocycles. The Hall–Kier alpha value is -1.83. The molecule has 1 aromatic heterocycles. The molecule has 0 bridgehead atoms. The summed E-state index contributed by atoms with van der Waals surface area (Å²) < 4.78 is 0. The van der Waals surface area contributed by atoms with Crippen LogP contribution in [0.2, 0.25) is 0 Å². The minimum atomic E-state index is 0.610. The second-order valence-electron chi connectivity index (χ2n) is 3.36. The minimum absolute atomic E-state index is 0.610. The summed E-state index contributed by atoms with van der Waals surface area (Å²) in [5.74, 6) is 0. The maximum atomic E-state index is 10.8. The van der Waals surface area contributed by atoms with Crippen LogP contribution in [0.25, 0.3) is 16.5 Å². The standard InChI is InChI=1S/C12H11NO/c1-8(2)12-9-5-3-4-6-10(9)13-11(12)7-14/h3-7,13H,1H2,2H3. The van der Waals surface area contributed by atoms with Crippen molar-refractivity contribution in [3.8, 4) is 0 Å². The maximum absolute atomic E-state index is 10.8. The van der Waals surface area contributed by atoms with E-state index in [0.29, 0.717) is 5.69 Å². The Morgan fingerprint density at radius 3 is 2.79 bits per heavy atom. The summed E-state index contributed by atoms with van der Waals surface area (Å²) in [4.78, 5) is 13.9. The van der Waals surface area contributed by atoms with Gasteiger partial charge in [-0.2, -0.15) is 0 Å². The predicted octanol–water partition coefficient (Wildman–Crippen LogP) is 3.01. The van der Waals surface area contributed by atoms with Gasteiger partial charge in [-0.15, -0.1) is 0 Å². The van der Waals surface area contributed by atoms with Gasteiger partial charge >= 0.3 is 0 Å². The smallest absolute Gasteiger partial charge is 0.166 e. The summed E-state index contributed by atoms with van der Waals surface area (Å²) in [5.41, 5.74) is 3.42. The minimum Gasteiger partial charge on any atom is -0.352 e. The van der Waals surface area contributed by atoms with E-state index in [-0.39, 0.29) is 0 Å². The summed E-state index contributed by atoms with van der Waals surface area (Å²) in [6.45, 7) is 5.78. The van der Waals surface area contributed by atoms with Crippen molar-refractivity contribution in [3.05, 3.63) is 42.1 Å². The normalized spacial score (nSPS) is 10.4. The zero-order chi connectivity index (χ0) is 10.1. The Balaban J connectivity index is 2.87. The van der Waals surface area contributed by atoms with Crippen LogP contribution >= 0.6 is 0 Å². The predicted molar refractivity (Wildman–Crippen MR) is 58.4 cm³/mol. The Morgan fingerprint density at radius 2 is 2.14 bits per heavy atom. The van der Waals surface area contributed by atoms with Gasteiger partial charge in [-0.1, -0.05) is 24.8 Å². The quantitative estimate of drug-likeness (QED) is 0.717. The molecule has 0 fully saturated rings. The number of carbonyl (C=O) groups is 1. The second kappa shape index (κ2) is 3.14. The van der Waals surface area contributed by atoms with Gasteiger partial charge in [0.25, 0.3) is 0 Å². The Labute approximate surface area is 82.3 Å². The number of benzene rings is 1. The summed E-state index contributed by atoms with van der Waals surface area (Å²) in [6, 6.07) is 7.84. The first-order valence-corrected chi connectivity index (χ1v) is 4.46. The van der Waals surface area contributed by atoms with E-state index in [1.807, 2.05) is 31.2 Å². The van der Waals surface area contributed by atoms with Crippen LogP contribution in [0.4, 0.5) is 0 Å². The summed E-state index contributed by atoms with van der Waals surface area (Å²) in [6.07, 6.45) is 0.837. The van der Waals surface area contributed by atoms with Crippen molar-refractivity contribution in [1.82, 2.24) is 4.98 Å². The molecule has 2 heteroatoms. The molecule has 0 atom stereocenters. The lowest BCUT2D eigenvalue weighted by molar-refractivity contribution is 0.111. The number of aldehydes is 1. The lowest BCUT2D eigenvalue weighted by atomic mass is 10.1. The van der Waals surface area contributed by atoms with Crippen LogP contribution in [-0.2, 0) is 0 Å². The number of hydrogen-bond acceptors (Lipinski definition) is 1. The molecule has 0 radical (unpaired) electrons. The first-order valence-electron chi connectivity index (χ1n) is 4.46. The molecular formula is C12H11NO. The van der Waals surface area contributed by atoms with Crippen molar-refractivity contribution in [1.29, 1.82) is 0 Å². The third-order valence-corrected chi connectivity index (χ3v) is 2.28. The fraction of sp³-hybridized carbons (Fsp3) is 0.0833. The van der Waals surface area contributed by atoms with Gasteiger partial charge in [0.05, 0.1) is 5.69 Å². The number of hydrogen-bond donors (Lipinski definition) is 1. The average molecular weight is 185 g/mol. The molecule has 0 aliphatic rings. The highest BCUT2D eigenvalue weighted by Crippen LogP contribution is 2.26. The second-order valence-corrected chi connectivity index (χ2v) is 3.36. The van der Waals surface area contributed by atoms with Gasteiger partial charge in [0.1, 0.15) is 0 Å². The van der Waals surface area contributed by atoms with Gasteiger partial charge in [0.2, 0.25) is 0 Å². The van der Waals surface area contributed by atoms with Crippen molar-refractivity contribution in [3.63, 3.8) is 0 Å². The molecule has 2 rings (SSSR count). The summed E-state index contributed by atoms with van der Waals surface area (Å²) in [7, 11) is 0. The maximum Gasteiger partial charge on any atom is 0.166 e. The van der Waals surface area contributed by atoms with E-state index >= 15 is 0 Å². The highest BCUT2D eigenvalue weighted by molar-refractivity contribution is 5.99. The molecule has 0 saturated carbocycles. The van der Waals surface area contributed by atoms with E-state index < -0.39 is 0 Å². The summed E-state index contributed by atoms with van der Waals surface area (Å²) in [5, 5.41) is 1.06. The van der Waals surface area contributed by atoms with Crippen molar-refractivity contribution in [2.75, 3.05) is 0 Å². The fourth-order valence-corrected chi connectivity index (χ4v) is 1.71. The Kier molecular flexibility index (Phi) is 1.97. The van der Waals surface area contributed by atoms with Gasteiger partial charge < -0.3 is 4.98 Å². The van der Waals surface area contributed by atoms with Crippen molar-refractivity contribution in [2.24, 2.45) is 0 Å². The molecule has 0 amide bonds. The molecule has 2 aromatic rings. The van der Waals surface area contributed by atoms with Gasteiger partial charge in [0.15, 0.2) is 6.29 Å². The largest absolute Gasteiger partial charge is 0.352 e. The summed E-state index contributed by atoms with van der Waals surface area (Å²) >= 11 is 0. The highest BCUT2D eigenvalue weighted by atomic mass is 16.1. The van der Waals surface area contributed by atoms with Crippen LogP contribution in [0.1, 0.15) is 23.0 Å². The number of para-hydroxylation sites is 1. The molecule has 1 N–H and O–H groups in total. The van der Waals surface area contributed by atoms with Crippen LogP contribution < -0.4 is 0 Å². The average Bonchev–Trinajstić information content (AvgIpc) is 2.55. The lowest BCUT2D eigenvalue weighted by Crippen LogP contribution is -1.84. The van der Waals surface area contributed by atoms with E-state index in [4.69, 9.17) is 0 Å². The number of fused-ring (bicyclic) bond motifs is 1. The Bertz CT molecular complexity index is 508. The van der Waals surface area contributed by atoms with Crippen LogP contribution in [-0.4, -0.2) is 11.3 Å². The van der Waals surface area contributed by atoms with E-state index in [0.717, 1.165) is 28.3 Å². The third kappa shape index (κ3) is 1.16. The number of rotatable bonds is 2. The fourth-order valence-electron chi connectivity index (χ4n) is 1.71. The Morgan fingerprint density at radius 1 is 1.43 bits per heavy atom. The topological polar surface area (TPSA) is 32.9 Å². The third-order valence-electron chi connectivity index (χ3n) is 2.28. The van der Waals surface area contributed by atoms with Crippen molar-refractivity contribution in [2.45, 2.75) is 6.92 Å².